The van der Waals surface area contributed by atoms with E-state index < -0.39 is 11.0 Å². The molecule has 0 radical (unpaired) electrons. The van der Waals surface area contributed by atoms with Crippen molar-refractivity contribution in [3.8, 4) is 5.75 Å². The van der Waals surface area contributed by atoms with Crippen LogP contribution in [0.4, 0.5) is 11.4 Å². The van der Waals surface area contributed by atoms with Gasteiger partial charge in [0.05, 0.1) is 30.2 Å². The van der Waals surface area contributed by atoms with Gasteiger partial charge in [-0.15, -0.1) is 0 Å². The molecule has 2 aromatic rings. The number of amides is 2. The molecule has 0 aromatic heterocycles. The number of piperazine rings is 1. The molecule has 9 heteroatoms. The van der Waals surface area contributed by atoms with Crippen molar-refractivity contribution in [2.75, 3.05) is 38.6 Å². The molecule has 1 saturated heterocycles. The van der Waals surface area contributed by atoms with Crippen molar-refractivity contribution < 1.29 is 19.2 Å². The zero-order valence-electron chi connectivity index (χ0n) is 18.5. The van der Waals surface area contributed by atoms with Gasteiger partial charge >= 0.3 is 0 Å². The van der Waals surface area contributed by atoms with Gasteiger partial charge in [0.25, 0.3) is 5.69 Å². The Balaban J connectivity index is 1.55. The van der Waals surface area contributed by atoms with Gasteiger partial charge in [-0.05, 0) is 25.5 Å². The lowest BCUT2D eigenvalue weighted by atomic mass is 10.1. The fourth-order valence-corrected chi connectivity index (χ4v) is 3.66. The molecular formula is C23H28N4O5. The van der Waals surface area contributed by atoms with Crippen LogP contribution in [0.25, 0.3) is 0 Å². The molecule has 3 rings (SSSR count). The Morgan fingerprint density at radius 3 is 2.38 bits per heavy atom. The van der Waals surface area contributed by atoms with E-state index in [1.54, 1.807) is 6.92 Å². The second kappa shape index (κ2) is 10.2. The first-order valence-corrected chi connectivity index (χ1v) is 10.5. The van der Waals surface area contributed by atoms with Crippen LogP contribution in [0.3, 0.4) is 0 Å². The summed E-state index contributed by atoms with van der Waals surface area (Å²) in [5, 5.41) is 13.8. The summed E-state index contributed by atoms with van der Waals surface area (Å²) in [6.45, 7) is 6.02. The van der Waals surface area contributed by atoms with E-state index in [2.05, 4.69) is 5.32 Å². The van der Waals surface area contributed by atoms with Crippen molar-refractivity contribution in [2.24, 2.45) is 0 Å². The Labute approximate surface area is 187 Å². The van der Waals surface area contributed by atoms with Gasteiger partial charge in [-0.25, -0.2) is 0 Å². The Morgan fingerprint density at radius 1 is 1.12 bits per heavy atom. The SMILES string of the molecule is COc1ccc([N+](=O)[O-])cc1NC(=O)C(C)N1CCN(C(=O)Cc2ccc(C)cc2)CC1. The number of methoxy groups -OCH3 is 1. The number of nitrogens with one attached hydrogen (secondary N) is 1. The van der Waals surface area contributed by atoms with E-state index in [-0.39, 0.29) is 23.2 Å². The first kappa shape index (κ1) is 23.2. The molecule has 1 unspecified atom stereocenters. The van der Waals surface area contributed by atoms with E-state index >= 15 is 0 Å². The van der Waals surface area contributed by atoms with Gasteiger partial charge in [0.15, 0.2) is 0 Å². The maximum absolute atomic E-state index is 12.8. The molecule has 9 nitrogen and oxygen atoms in total. The van der Waals surface area contributed by atoms with Crippen LogP contribution in [-0.2, 0) is 16.0 Å². The van der Waals surface area contributed by atoms with Crippen LogP contribution in [0.1, 0.15) is 18.1 Å². The molecule has 1 aliphatic heterocycles. The average molecular weight is 441 g/mol. The number of ether oxygens (including phenoxy) is 1. The number of nitrogens with zero attached hydrogens (tertiary/aromatic N) is 3. The number of non-ortho nitro benzene ring substituents is 1. The third-order valence-corrected chi connectivity index (χ3v) is 5.72. The Bertz CT molecular complexity index is 984. The van der Waals surface area contributed by atoms with Crippen LogP contribution in [0.5, 0.6) is 5.75 Å². The second-order valence-electron chi connectivity index (χ2n) is 7.89. The first-order valence-electron chi connectivity index (χ1n) is 10.5. The number of hydrogen-bond acceptors (Lipinski definition) is 6. The fourth-order valence-electron chi connectivity index (χ4n) is 3.66. The van der Waals surface area contributed by atoms with Gasteiger partial charge in [-0.3, -0.25) is 24.6 Å². The van der Waals surface area contributed by atoms with Crippen molar-refractivity contribution in [1.29, 1.82) is 0 Å². The second-order valence-corrected chi connectivity index (χ2v) is 7.89. The molecule has 0 spiro atoms. The molecule has 170 valence electrons. The van der Waals surface area contributed by atoms with E-state index in [1.165, 1.54) is 25.3 Å². The monoisotopic (exact) mass is 440 g/mol. The minimum Gasteiger partial charge on any atom is -0.495 e. The van der Waals surface area contributed by atoms with E-state index in [9.17, 15) is 19.7 Å². The normalized spacial score (nSPS) is 15.2. The summed E-state index contributed by atoms with van der Waals surface area (Å²) in [5.74, 6) is 0.137. The van der Waals surface area contributed by atoms with Crippen LogP contribution < -0.4 is 10.1 Å². The highest BCUT2D eigenvalue weighted by Gasteiger charge is 2.28. The minimum atomic E-state index is -0.522. The van der Waals surface area contributed by atoms with Crippen molar-refractivity contribution in [3.63, 3.8) is 0 Å². The predicted molar refractivity (Wildman–Crippen MR) is 121 cm³/mol. The van der Waals surface area contributed by atoms with Crippen LogP contribution in [0.15, 0.2) is 42.5 Å². The van der Waals surface area contributed by atoms with Crippen molar-refractivity contribution in [1.82, 2.24) is 9.80 Å². The van der Waals surface area contributed by atoms with Gasteiger partial charge < -0.3 is 15.0 Å². The summed E-state index contributed by atoms with van der Waals surface area (Å²) in [6.07, 6.45) is 0.364. The van der Waals surface area contributed by atoms with E-state index in [4.69, 9.17) is 4.74 Å². The molecule has 0 aliphatic carbocycles. The Kier molecular flexibility index (Phi) is 7.42. The molecule has 1 fully saturated rings. The quantitative estimate of drug-likeness (QED) is 0.524. The summed E-state index contributed by atoms with van der Waals surface area (Å²) in [5.41, 5.74) is 2.27. The number of carbonyl (C=O) groups excluding carboxylic acids is 2. The topological polar surface area (TPSA) is 105 Å². The van der Waals surface area contributed by atoms with Gasteiger partial charge in [0.1, 0.15) is 5.75 Å². The van der Waals surface area contributed by atoms with Gasteiger partial charge in [0.2, 0.25) is 11.8 Å². The molecule has 0 bridgehead atoms. The number of rotatable bonds is 7. The maximum atomic E-state index is 12.8. The third-order valence-electron chi connectivity index (χ3n) is 5.72. The van der Waals surface area contributed by atoms with E-state index in [0.717, 1.165) is 11.1 Å². The van der Waals surface area contributed by atoms with E-state index in [1.807, 2.05) is 41.0 Å². The molecule has 2 aromatic carbocycles. The maximum Gasteiger partial charge on any atom is 0.271 e. The lowest BCUT2D eigenvalue weighted by Gasteiger charge is -2.37. The standard InChI is InChI=1S/C23H28N4O5/c1-16-4-6-18(7-5-16)14-22(28)26-12-10-25(11-13-26)17(2)23(29)24-20-15-19(27(30)31)8-9-21(20)32-3/h4-9,15,17H,10-14H2,1-3H3,(H,24,29). The number of aryl methyl sites for hydroxylation is 1. The number of benzene rings is 2. The number of carbonyl (C=O) groups is 2. The smallest absolute Gasteiger partial charge is 0.271 e. The lowest BCUT2D eigenvalue weighted by molar-refractivity contribution is -0.384. The summed E-state index contributed by atoms with van der Waals surface area (Å²) in [7, 11) is 1.44. The highest BCUT2D eigenvalue weighted by molar-refractivity contribution is 5.96. The van der Waals surface area contributed by atoms with Gasteiger partial charge in [-0.2, -0.15) is 0 Å². The van der Waals surface area contributed by atoms with Crippen molar-refractivity contribution in [3.05, 3.63) is 63.7 Å². The van der Waals surface area contributed by atoms with Crippen LogP contribution >= 0.6 is 0 Å². The third kappa shape index (κ3) is 5.61. The molecule has 1 atom stereocenters. The van der Waals surface area contributed by atoms with Gasteiger partial charge in [0, 0.05) is 38.3 Å². The summed E-state index contributed by atoms with van der Waals surface area (Å²) in [6, 6.07) is 11.5. The summed E-state index contributed by atoms with van der Waals surface area (Å²) < 4.78 is 5.21. The zero-order valence-corrected chi connectivity index (χ0v) is 18.5. The van der Waals surface area contributed by atoms with Crippen molar-refractivity contribution >= 4 is 23.2 Å². The Hall–Kier alpha value is -3.46. The summed E-state index contributed by atoms with van der Waals surface area (Å²) >= 11 is 0. The summed E-state index contributed by atoms with van der Waals surface area (Å²) in [4.78, 5) is 39.8. The zero-order chi connectivity index (χ0) is 23.3. The molecular weight excluding hydrogens is 412 g/mol. The number of nitro groups is 1. The minimum absolute atomic E-state index is 0.0759. The number of anilines is 1. The van der Waals surface area contributed by atoms with Crippen molar-refractivity contribution in [2.45, 2.75) is 26.3 Å². The highest BCUT2D eigenvalue weighted by Crippen LogP contribution is 2.29. The first-order chi connectivity index (χ1) is 15.3. The lowest BCUT2D eigenvalue weighted by Crippen LogP contribution is -2.54. The largest absolute Gasteiger partial charge is 0.495 e. The number of nitro benzene ring substituents is 1. The van der Waals surface area contributed by atoms with Crippen LogP contribution in [-0.4, -0.2) is 65.9 Å². The molecule has 1 aliphatic rings. The Morgan fingerprint density at radius 2 is 1.78 bits per heavy atom. The predicted octanol–water partition coefficient (Wildman–Crippen LogP) is 2.63. The fraction of sp³-hybridized carbons (Fsp3) is 0.391. The van der Waals surface area contributed by atoms with Crippen LogP contribution in [0, 0.1) is 17.0 Å². The molecule has 32 heavy (non-hydrogen) atoms. The average Bonchev–Trinajstić information content (AvgIpc) is 2.80. The van der Waals surface area contributed by atoms with Crippen LogP contribution in [0.2, 0.25) is 0 Å². The molecule has 1 heterocycles. The molecule has 2 amide bonds. The van der Waals surface area contributed by atoms with Gasteiger partial charge in [-0.1, -0.05) is 29.8 Å². The molecule has 1 N–H and O–H groups in total. The van der Waals surface area contributed by atoms with E-state index in [0.29, 0.717) is 38.3 Å². The number of hydrogen-bond donors (Lipinski definition) is 1. The molecule has 0 saturated carbocycles. The highest BCUT2D eigenvalue weighted by atomic mass is 16.6.